The lowest BCUT2D eigenvalue weighted by Gasteiger charge is -2.08. The number of hydrogen-bond donors (Lipinski definition) is 1. The van der Waals surface area contributed by atoms with Crippen LogP contribution >= 0.6 is 11.6 Å². The van der Waals surface area contributed by atoms with E-state index >= 15 is 0 Å². The number of aryl methyl sites for hydroxylation is 1. The minimum atomic E-state index is -0.287. The third-order valence-corrected chi connectivity index (χ3v) is 2.67. The van der Waals surface area contributed by atoms with Crippen molar-refractivity contribution in [2.45, 2.75) is 13.5 Å². The Bertz CT molecular complexity index is 607. The van der Waals surface area contributed by atoms with E-state index in [0.717, 1.165) is 11.1 Å². The van der Waals surface area contributed by atoms with Gasteiger partial charge in [0.2, 0.25) is 0 Å². The van der Waals surface area contributed by atoms with Gasteiger partial charge in [0, 0.05) is 23.1 Å². The first kappa shape index (κ1) is 11.7. The molecule has 1 aromatic carbocycles. The number of benzene rings is 1. The van der Waals surface area contributed by atoms with Crippen molar-refractivity contribution in [2.24, 2.45) is 0 Å². The molecule has 88 valence electrons. The number of halogens is 1. The van der Waals surface area contributed by atoms with Crippen LogP contribution in [0.3, 0.4) is 0 Å². The van der Waals surface area contributed by atoms with Crippen LogP contribution in [0.1, 0.15) is 11.1 Å². The van der Waals surface area contributed by atoms with E-state index in [1.807, 2.05) is 13.0 Å². The number of hydrogen-bond acceptors (Lipinski definition) is 3. The molecule has 0 amide bonds. The van der Waals surface area contributed by atoms with E-state index in [9.17, 15) is 4.79 Å². The van der Waals surface area contributed by atoms with Gasteiger partial charge in [-0.25, -0.2) is 9.78 Å². The zero-order valence-electron chi connectivity index (χ0n) is 9.35. The van der Waals surface area contributed by atoms with Crippen molar-refractivity contribution in [3.8, 4) is 0 Å². The molecule has 17 heavy (non-hydrogen) atoms. The van der Waals surface area contributed by atoms with Crippen molar-refractivity contribution in [3.63, 3.8) is 0 Å². The molecule has 2 rings (SSSR count). The molecular formula is C12H12ClN3O. The van der Waals surface area contributed by atoms with E-state index in [1.165, 1.54) is 4.57 Å². The molecule has 2 aromatic rings. The first-order valence-corrected chi connectivity index (χ1v) is 5.51. The number of nitrogens with zero attached hydrogens (tertiary/aromatic N) is 2. The molecule has 0 spiro atoms. The van der Waals surface area contributed by atoms with Gasteiger partial charge >= 0.3 is 5.69 Å². The van der Waals surface area contributed by atoms with Gasteiger partial charge in [-0.05, 0) is 30.2 Å². The molecule has 4 nitrogen and oxygen atoms in total. The molecule has 0 aliphatic carbocycles. The summed E-state index contributed by atoms with van der Waals surface area (Å²) in [5.41, 5.74) is 7.90. The van der Waals surface area contributed by atoms with Crippen LogP contribution in [0.5, 0.6) is 0 Å². The Morgan fingerprint density at radius 3 is 2.94 bits per heavy atom. The SMILES string of the molecule is Cc1cnc(=O)n(Cc2ccc(Cl)cc2N)c1. The summed E-state index contributed by atoms with van der Waals surface area (Å²) < 4.78 is 1.52. The predicted molar refractivity (Wildman–Crippen MR) is 68.2 cm³/mol. The number of rotatable bonds is 2. The second-order valence-corrected chi connectivity index (χ2v) is 4.32. The second-order valence-electron chi connectivity index (χ2n) is 3.88. The molecule has 0 bridgehead atoms. The van der Waals surface area contributed by atoms with E-state index < -0.39 is 0 Å². The largest absolute Gasteiger partial charge is 0.398 e. The maximum Gasteiger partial charge on any atom is 0.347 e. The van der Waals surface area contributed by atoms with Crippen molar-refractivity contribution < 1.29 is 0 Å². The highest BCUT2D eigenvalue weighted by Crippen LogP contribution is 2.18. The van der Waals surface area contributed by atoms with Crippen LogP contribution in [0.4, 0.5) is 5.69 Å². The first-order valence-electron chi connectivity index (χ1n) is 5.13. The number of nitrogen functional groups attached to an aromatic ring is 1. The molecule has 2 N–H and O–H groups in total. The molecule has 0 aliphatic heterocycles. The van der Waals surface area contributed by atoms with E-state index in [0.29, 0.717) is 17.3 Å². The molecule has 1 aromatic heterocycles. The van der Waals surface area contributed by atoms with Crippen LogP contribution in [0.25, 0.3) is 0 Å². The summed E-state index contributed by atoms with van der Waals surface area (Å²) in [7, 11) is 0. The van der Waals surface area contributed by atoms with Gasteiger partial charge in [0.15, 0.2) is 0 Å². The minimum Gasteiger partial charge on any atom is -0.398 e. The van der Waals surface area contributed by atoms with E-state index in [2.05, 4.69) is 4.98 Å². The fraction of sp³-hybridized carbons (Fsp3) is 0.167. The van der Waals surface area contributed by atoms with Gasteiger partial charge in [0.25, 0.3) is 0 Å². The standard InChI is InChI=1S/C12H12ClN3O/c1-8-5-15-12(17)16(6-8)7-9-2-3-10(13)4-11(9)14/h2-6H,7,14H2,1H3. The Hall–Kier alpha value is -1.81. The van der Waals surface area contributed by atoms with Crippen molar-refractivity contribution in [2.75, 3.05) is 5.73 Å². The summed E-state index contributed by atoms with van der Waals surface area (Å²) in [6.07, 6.45) is 3.30. The second kappa shape index (κ2) is 4.59. The van der Waals surface area contributed by atoms with Gasteiger partial charge in [-0.3, -0.25) is 4.57 Å². The Balaban J connectivity index is 2.38. The molecule has 0 fully saturated rings. The Morgan fingerprint density at radius 2 is 2.24 bits per heavy atom. The third kappa shape index (κ3) is 2.65. The van der Waals surface area contributed by atoms with Gasteiger partial charge in [-0.15, -0.1) is 0 Å². The smallest absolute Gasteiger partial charge is 0.347 e. The quantitative estimate of drug-likeness (QED) is 0.826. The van der Waals surface area contributed by atoms with E-state index in [4.69, 9.17) is 17.3 Å². The summed E-state index contributed by atoms with van der Waals surface area (Å²) in [6, 6.07) is 5.24. The fourth-order valence-electron chi connectivity index (χ4n) is 1.57. The lowest BCUT2D eigenvalue weighted by molar-refractivity contribution is 0.722. The summed E-state index contributed by atoms with van der Waals surface area (Å²) in [5, 5.41) is 0.584. The monoisotopic (exact) mass is 249 g/mol. The summed E-state index contributed by atoms with van der Waals surface area (Å²) in [6.45, 7) is 2.28. The summed E-state index contributed by atoms with van der Waals surface area (Å²) >= 11 is 5.82. The van der Waals surface area contributed by atoms with Crippen LogP contribution in [0, 0.1) is 6.92 Å². The molecule has 0 aliphatic rings. The molecule has 0 saturated carbocycles. The lowest BCUT2D eigenvalue weighted by Crippen LogP contribution is -2.23. The molecule has 5 heteroatoms. The number of aromatic nitrogens is 2. The molecule has 0 saturated heterocycles. The molecule has 0 atom stereocenters. The third-order valence-electron chi connectivity index (χ3n) is 2.43. The lowest BCUT2D eigenvalue weighted by atomic mass is 10.2. The molecule has 1 heterocycles. The van der Waals surface area contributed by atoms with Gasteiger partial charge in [0.05, 0.1) is 6.54 Å². The highest BCUT2D eigenvalue weighted by molar-refractivity contribution is 6.30. The zero-order chi connectivity index (χ0) is 12.4. The highest BCUT2D eigenvalue weighted by Gasteiger charge is 2.03. The van der Waals surface area contributed by atoms with Crippen LogP contribution in [-0.2, 0) is 6.54 Å². The molecular weight excluding hydrogens is 238 g/mol. The van der Waals surface area contributed by atoms with Crippen LogP contribution < -0.4 is 11.4 Å². The average molecular weight is 250 g/mol. The van der Waals surface area contributed by atoms with Gasteiger partial charge < -0.3 is 5.73 Å². The number of anilines is 1. The maximum absolute atomic E-state index is 11.5. The molecule has 0 radical (unpaired) electrons. The maximum atomic E-state index is 11.5. The Morgan fingerprint density at radius 1 is 1.47 bits per heavy atom. The zero-order valence-corrected chi connectivity index (χ0v) is 10.1. The van der Waals surface area contributed by atoms with Crippen LogP contribution in [0.2, 0.25) is 5.02 Å². The van der Waals surface area contributed by atoms with Crippen LogP contribution in [0.15, 0.2) is 35.4 Å². The Kier molecular flexibility index (Phi) is 3.15. The number of nitrogens with two attached hydrogens (primary N) is 1. The van der Waals surface area contributed by atoms with Crippen molar-refractivity contribution >= 4 is 17.3 Å². The van der Waals surface area contributed by atoms with Gasteiger partial charge in [-0.2, -0.15) is 0 Å². The van der Waals surface area contributed by atoms with Gasteiger partial charge in [-0.1, -0.05) is 17.7 Å². The molecule has 0 unspecified atom stereocenters. The van der Waals surface area contributed by atoms with Crippen molar-refractivity contribution in [3.05, 3.63) is 57.2 Å². The highest BCUT2D eigenvalue weighted by atomic mass is 35.5. The van der Waals surface area contributed by atoms with Gasteiger partial charge in [0.1, 0.15) is 0 Å². The van der Waals surface area contributed by atoms with E-state index in [1.54, 1.807) is 24.5 Å². The van der Waals surface area contributed by atoms with Crippen molar-refractivity contribution in [1.29, 1.82) is 0 Å². The predicted octanol–water partition coefficient (Wildman–Crippen LogP) is 1.84. The first-order chi connectivity index (χ1) is 8.06. The minimum absolute atomic E-state index is 0.287. The van der Waals surface area contributed by atoms with Crippen LogP contribution in [-0.4, -0.2) is 9.55 Å². The summed E-state index contributed by atoms with van der Waals surface area (Å²) in [4.78, 5) is 15.3. The van der Waals surface area contributed by atoms with E-state index in [-0.39, 0.29) is 5.69 Å². The fourth-order valence-corrected chi connectivity index (χ4v) is 1.75. The summed E-state index contributed by atoms with van der Waals surface area (Å²) in [5.74, 6) is 0. The average Bonchev–Trinajstić information content (AvgIpc) is 2.27. The topological polar surface area (TPSA) is 60.9 Å². The Labute approximate surface area is 104 Å². The normalized spacial score (nSPS) is 10.5. The van der Waals surface area contributed by atoms with Crippen molar-refractivity contribution in [1.82, 2.24) is 9.55 Å².